The van der Waals surface area contributed by atoms with Crippen molar-refractivity contribution in [2.75, 3.05) is 0 Å². The SMILES string of the molecule is CC.Cc1ccc(C(=O)O)cc1Cl. The summed E-state index contributed by atoms with van der Waals surface area (Å²) >= 11 is 5.69. The normalized spacial score (nSPS) is 8.62. The van der Waals surface area contributed by atoms with E-state index in [1.165, 1.54) is 12.1 Å². The lowest BCUT2D eigenvalue weighted by Crippen LogP contribution is -1.95. The molecule has 1 N–H and O–H groups in total. The van der Waals surface area contributed by atoms with Gasteiger partial charge in [0.1, 0.15) is 0 Å². The van der Waals surface area contributed by atoms with Gasteiger partial charge in [-0.15, -0.1) is 0 Å². The van der Waals surface area contributed by atoms with E-state index in [0.29, 0.717) is 5.02 Å². The second-order valence-electron chi connectivity index (χ2n) is 2.27. The van der Waals surface area contributed by atoms with E-state index in [4.69, 9.17) is 16.7 Å². The Bertz CT molecular complexity index is 295. The average Bonchev–Trinajstić information content (AvgIpc) is 2.13. The molecule has 0 aliphatic carbocycles. The number of aryl methyl sites for hydroxylation is 1. The van der Waals surface area contributed by atoms with E-state index < -0.39 is 5.97 Å². The fourth-order valence-electron chi connectivity index (χ4n) is 0.726. The Balaban J connectivity index is 0.000000671. The van der Waals surface area contributed by atoms with Crippen molar-refractivity contribution < 1.29 is 9.90 Å². The van der Waals surface area contributed by atoms with Gasteiger partial charge in [-0.2, -0.15) is 0 Å². The van der Waals surface area contributed by atoms with Gasteiger partial charge >= 0.3 is 5.97 Å². The quantitative estimate of drug-likeness (QED) is 0.755. The molecule has 13 heavy (non-hydrogen) atoms. The monoisotopic (exact) mass is 200 g/mol. The van der Waals surface area contributed by atoms with Crippen molar-refractivity contribution in [3.63, 3.8) is 0 Å². The maximum absolute atomic E-state index is 10.4. The molecule has 2 nitrogen and oxygen atoms in total. The molecule has 0 fully saturated rings. The molecule has 0 aliphatic heterocycles. The average molecular weight is 201 g/mol. The maximum Gasteiger partial charge on any atom is 0.335 e. The molecule has 0 saturated carbocycles. The summed E-state index contributed by atoms with van der Waals surface area (Å²) in [5.74, 6) is -0.952. The lowest BCUT2D eigenvalue weighted by molar-refractivity contribution is 0.0697. The molecule has 1 aromatic carbocycles. The number of carbonyl (C=O) groups is 1. The van der Waals surface area contributed by atoms with Gasteiger partial charge in [0.05, 0.1) is 5.56 Å². The van der Waals surface area contributed by atoms with Crippen LogP contribution in [0.2, 0.25) is 5.02 Å². The van der Waals surface area contributed by atoms with E-state index in [9.17, 15) is 4.79 Å². The van der Waals surface area contributed by atoms with Gasteiger partial charge in [0.2, 0.25) is 0 Å². The van der Waals surface area contributed by atoms with Gasteiger partial charge in [0.15, 0.2) is 0 Å². The summed E-state index contributed by atoms with van der Waals surface area (Å²) in [5, 5.41) is 9.03. The Morgan fingerprint density at radius 3 is 2.31 bits per heavy atom. The Morgan fingerprint density at radius 2 is 1.92 bits per heavy atom. The van der Waals surface area contributed by atoms with Crippen LogP contribution in [-0.2, 0) is 0 Å². The molecule has 0 aliphatic rings. The minimum absolute atomic E-state index is 0.223. The summed E-state index contributed by atoms with van der Waals surface area (Å²) in [6.45, 7) is 5.83. The second kappa shape index (κ2) is 5.60. The summed E-state index contributed by atoms with van der Waals surface area (Å²) in [4.78, 5) is 10.4. The zero-order valence-corrected chi connectivity index (χ0v) is 8.72. The predicted octanol–water partition coefficient (Wildman–Crippen LogP) is 3.37. The van der Waals surface area contributed by atoms with Crippen LogP contribution in [0, 0.1) is 6.92 Å². The highest BCUT2D eigenvalue weighted by atomic mass is 35.5. The molecule has 0 radical (unpaired) electrons. The van der Waals surface area contributed by atoms with E-state index in [2.05, 4.69) is 0 Å². The van der Waals surface area contributed by atoms with Crippen molar-refractivity contribution in [2.24, 2.45) is 0 Å². The van der Waals surface area contributed by atoms with Gasteiger partial charge in [0.25, 0.3) is 0 Å². The number of aromatic carboxylic acids is 1. The number of hydrogen-bond acceptors (Lipinski definition) is 1. The molecule has 0 atom stereocenters. The molecule has 72 valence electrons. The first-order chi connectivity index (χ1) is 6.11. The van der Waals surface area contributed by atoms with Gasteiger partial charge in [-0.3, -0.25) is 0 Å². The maximum atomic E-state index is 10.4. The smallest absolute Gasteiger partial charge is 0.335 e. The third-order valence-corrected chi connectivity index (χ3v) is 1.83. The molecule has 0 aromatic heterocycles. The molecule has 1 rings (SSSR count). The zero-order valence-electron chi connectivity index (χ0n) is 7.97. The molecular formula is C10H13ClO2. The van der Waals surface area contributed by atoms with Crippen LogP contribution in [0.15, 0.2) is 18.2 Å². The van der Waals surface area contributed by atoms with Crippen molar-refractivity contribution >= 4 is 17.6 Å². The van der Waals surface area contributed by atoms with Gasteiger partial charge in [0, 0.05) is 5.02 Å². The summed E-state index contributed by atoms with van der Waals surface area (Å²) in [6.07, 6.45) is 0. The third kappa shape index (κ3) is 3.47. The minimum atomic E-state index is -0.952. The van der Waals surface area contributed by atoms with E-state index in [1.54, 1.807) is 6.07 Å². The number of halogens is 1. The number of hydrogen-bond donors (Lipinski definition) is 1. The largest absolute Gasteiger partial charge is 0.478 e. The number of carboxylic acid groups (broad SMARTS) is 1. The molecule has 3 heteroatoms. The van der Waals surface area contributed by atoms with Crippen LogP contribution in [0.5, 0.6) is 0 Å². The number of carboxylic acids is 1. The summed E-state index contributed by atoms with van der Waals surface area (Å²) in [5.41, 5.74) is 1.11. The Hall–Kier alpha value is -1.02. The van der Waals surface area contributed by atoms with Gasteiger partial charge < -0.3 is 5.11 Å². The standard InChI is InChI=1S/C8H7ClO2.C2H6/c1-5-2-3-6(8(10)11)4-7(5)9;1-2/h2-4H,1H3,(H,10,11);1-2H3. The van der Waals surface area contributed by atoms with Gasteiger partial charge in [-0.05, 0) is 24.6 Å². The Kier molecular flexibility index (Phi) is 5.16. The lowest BCUT2D eigenvalue weighted by atomic mass is 10.1. The van der Waals surface area contributed by atoms with Crippen molar-refractivity contribution in [3.05, 3.63) is 34.3 Å². The predicted molar refractivity (Wildman–Crippen MR) is 54.5 cm³/mol. The van der Waals surface area contributed by atoms with E-state index in [-0.39, 0.29) is 5.56 Å². The Labute approximate surface area is 83.2 Å². The van der Waals surface area contributed by atoms with Crippen LogP contribution in [0.25, 0.3) is 0 Å². The van der Waals surface area contributed by atoms with Gasteiger partial charge in [-0.1, -0.05) is 31.5 Å². The zero-order chi connectivity index (χ0) is 10.4. The summed E-state index contributed by atoms with van der Waals surface area (Å²) in [6, 6.07) is 4.66. The number of rotatable bonds is 1. The summed E-state index contributed by atoms with van der Waals surface area (Å²) < 4.78 is 0. The first kappa shape index (κ1) is 12.0. The van der Waals surface area contributed by atoms with Gasteiger partial charge in [-0.25, -0.2) is 4.79 Å². The van der Waals surface area contributed by atoms with Crippen LogP contribution < -0.4 is 0 Å². The van der Waals surface area contributed by atoms with Crippen LogP contribution in [0.1, 0.15) is 29.8 Å². The highest BCUT2D eigenvalue weighted by molar-refractivity contribution is 6.31. The highest BCUT2D eigenvalue weighted by Gasteiger charge is 2.03. The van der Waals surface area contributed by atoms with Crippen LogP contribution in [0.3, 0.4) is 0 Å². The highest BCUT2D eigenvalue weighted by Crippen LogP contribution is 2.16. The van der Waals surface area contributed by atoms with Crippen LogP contribution in [0.4, 0.5) is 0 Å². The summed E-state index contributed by atoms with van der Waals surface area (Å²) in [7, 11) is 0. The first-order valence-electron chi connectivity index (χ1n) is 4.10. The van der Waals surface area contributed by atoms with Crippen LogP contribution in [-0.4, -0.2) is 11.1 Å². The third-order valence-electron chi connectivity index (χ3n) is 1.42. The topological polar surface area (TPSA) is 37.3 Å². The second-order valence-corrected chi connectivity index (χ2v) is 2.68. The van der Waals surface area contributed by atoms with E-state index in [1.807, 2.05) is 20.8 Å². The molecule has 0 saturated heterocycles. The van der Waals surface area contributed by atoms with E-state index >= 15 is 0 Å². The van der Waals surface area contributed by atoms with Crippen LogP contribution >= 0.6 is 11.6 Å². The van der Waals surface area contributed by atoms with Crippen molar-refractivity contribution in [1.82, 2.24) is 0 Å². The minimum Gasteiger partial charge on any atom is -0.478 e. The van der Waals surface area contributed by atoms with Crippen molar-refractivity contribution in [3.8, 4) is 0 Å². The van der Waals surface area contributed by atoms with Crippen molar-refractivity contribution in [1.29, 1.82) is 0 Å². The lowest BCUT2D eigenvalue weighted by Gasteiger charge is -1.97. The molecule has 0 bridgehead atoms. The Morgan fingerprint density at radius 1 is 1.38 bits per heavy atom. The molecule has 0 unspecified atom stereocenters. The molecule has 0 spiro atoms. The number of benzene rings is 1. The van der Waals surface area contributed by atoms with Crippen molar-refractivity contribution in [2.45, 2.75) is 20.8 Å². The molecule has 1 aromatic rings. The first-order valence-corrected chi connectivity index (χ1v) is 4.48. The fraction of sp³-hybridized carbons (Fsp3) is 0.300. The molecular weight excluding hydrogens is 188 g/mol. The van der Waals surface area contributed by atoms with E-state index in [0.717, 1.165) is 5.56 Å². The molecule has 0 amide bonds. The molecule has 0 heterocycles. The fourth-order valence-corrected chi connectivity index (χ4v) is 0.906.